The minimum Gasteiger partial charge on any atom is -0.317 e. The highest BCUT2D eigenvalue weighted by Gasteiger charge is 2.30. The summed E-state index contributed by atoms with van der Waals surface area (Å²) in [6.45, 7) is 4.96. The molecule has 1 fully saturated rings. The van der Waals surface area contributed by atoms with Crippen LogP contribution in [0.4, 0.5) is 4.39 Å². The van der Waals surface area contributed by atoms with E-state index in [9.17, 15) is 17.6 Å². The molecule has 1 aliphatic rings. The van der Waals surface area contributed by atoms with Crippen LogP contribution in [0.5, 0.6) is 0 Å². The van der Waals surface area contributed by atoms with Gasteiger partial charge in [-0.15, -0.1) is 0 Å². The van der Waals surface area contributed by atoms with Crippen LogP contribution in [0.3, 0.4) is 0 Å². The van der Waals surface area contributed by atoms with Gasteiger partial charge in [-0.1, -0.05) is 17.8 Å². The van der Waals surface area contributed by atoms with Crippen LogP contribution in [0.1, 0.15) is 43.5 Å². The molecule has 1 aliphatic heterocycles. The molecule has 2 aromatic carbocycles. The summed E-state index contributed by atoms with van der Waals surface area (Å²) in [7, 11) is -3.59. The number of carbonyl (C=O) groups excluding carboxylic acids is 1. The number of hydrogen-bond acceptors (Lipinski definition) is 4. The van der Waals surface area contributed by atoms with E-state index in [1.54, 1.807) is 6.07 Å². The maximum absolute atomic E-state index is 13.5. The predicted molar refractivity (Wildman–Crippen MR) is 119 cm³/mol. The van der Waals surface area contributed by atoms with Crippen molar-refractivity contribution >= 4 is 37.5 Å². The Balaban J connectivity index is 1.64. The molecule has 0 spiro atoms. The Morgan fingerprint density at radius 1 is 1.19 bits per heavy atom. The third kappa shape index (κ3) is 4.22. The average molecular weight is 462 g/mol. The van der Waals surface area contributed by atoms with Gasteiger partial charge in [0.25, 0.3) is 5.91 Å². The number of sulfonamides is 1. The molecule has 1 aromatic heterocycles. The van der Waals surface area contributed by atoms with Gasteiger partial charge in [0.2, 0.25) is 10.0 Å². The number of rotatable bonds is 4. The molecule has 0 unspecified atom stereocenters. The maximum atomic E-state index is 13.5. The Morgan fingerprint density at radius 3 is 2.61 bits per heavy atom. The maximum Gasteiger partial charge on any atom is 0.279 e. The van der Waals surface area contributed by atoms with Gasteiger partial charge in [0.05, 0.1) is 15.1 Å². The van der Waals surface area contributed by atoms with Gasteiger partial charge >= 0.3 is 0 Å². The van der Waals surface area contributed by atoms with Crippen LogP contribution in [0.2, 0.25) is 0 Å². The van der Waals surface area contributed by atoms with Crippen molar-refractivity contribution in [3.8, 4) is 0 Å². The predicted octanol–water partition coefficient (Wildman–Crippen LogP) is 4.17. The number of nitrogens with zero attached hydrogens (tertiary/aromatic N) is 3. The summed E-state index contributed by atoms with van der Waals surface area (Å²) < 4.78 is 43.6. The van der Waals surface area contributed by atoms with Crippen molar-refractivity contribution in [2.75, 3.05) is 6.54 Å². The number of aryl methyl sites for hydroxylation is 1. The van der Waals surface area contributed by atoms with Gasteiger partial charge in [0, 0.05) is 24.7 Å². The van der Waals surface area contributed by atoms with Crippen LogP contribution < -0.4 is 4.80 Å². The lowest BCUT2D eigenvalue weighted by Gasteiger charge is -2.32. The van der Waals surface area contributed by atoms with E-state index in [0.29, 0.717) is 28.2 Å². The number of aromatic nitrogens is 1. The van der Waals surface area contributed by atoms with Gasteiger partial charge in [-0.05, 0) is 69.2 Å². The number of carbonyl (C=O) groups is 1. The number of hydrogen-bond donors (Lipinski definition) is 0. The molecule has 3 aromatic rings. The van der Waals surface area contributed by atoms with E-state index in [1.165, 1.54) is 52.0 Å². The van der Waals surface area contributed by atoms with E-state index in [-0.39, 0.29) is 16.8 Å². The van der Waals surface area contributed by atoms with E-state index in [1.807, 2.05) is 18.4 Å². The van der Waals surface area contributed by atoms with Crippen molar-refractivity contribution in [3.05, 3.63) is 58.6 Å². The zero-order valence-electron chi connectivity index (χ0n) is 17.4. The van der Waals surface area contributed by atoms with Crippen molar-refractivity contribution in [3.63, 3.8) is 0 Å². The molecule has 1 atom stereocenters. The van der Waals surface area contributed by atoms with Crippen LogP contribution >= 0.6 is 11.3 Å². The Kier molecular flexibility index (Phi) is 6.09. The monoisotopic (exact) mass is 461 g/mol. The Hall–Kier alpha value is -2.36. The number of thiazole rings is 1. The Labute approximate surface area is 184 Å². The summed E-state index contributed by atoms with van der Waals surface area (Å²) in [6, 6.07) is 10.4. The lowest BCUT2D eigenvalue weighted by molar-refractivity contribution is 0.0997. The van der Waals surface area contributed by atoms with Gasteiger partial charge < -0.3 is 4.57 Å². The summed E-state index contributed by atoms with van der Waals surface area (Å²) in [6.07, 6.45) is 2.74. The van der Waals surface area contributed by atoms with Gasteiger partial charge in [-0.3, -0.25) is 4.79 Å². The fourth-order valence-electron chi connectivity index (χ4n) is 3.92. The van der Waals surface area contributed by atoms with Crippen molar-refractivity contribution in [1.29, 1.82) is 0 Å². The zero-order valence-corrected chi connectivity index (χ0v) is 19.0. The molecule has 6 nitrogen and oxygen atoms in total. The molecule has 1 saturated heterocycles. The molecule has 0 radical (unpaired) electrons. The molecule has 0 saturated carbocycles. The molecule has 9 heteroatoms. The highest BCUT2D eigenvalue weighted by Crippen LogP contribution is 2.25. The minimum absolute atomic E-state index is 0.0302. The van der Waals surface area contributed by atoms with Crippen LogP contribution in [0.25, 0.3) is 10.2 Å². The van der Waals surface area contributed by atoms with Crippen LogP contribution in [-0.4, -0.2) is 35.8 Å². The molecule has 1 amide bonds. The average Bonchev–Trinajstić information content (AvgIpc) is 3.09. The van der Waals surface area contributed by atoms with Crippen LogP contribution in [0, 0.1) is 5.82 Å². The molecule has 0 N–H and O–H groups in total. The SMILES string of the molecule is CCn1c(=NC(=O)c2ccc(S(=O)(=O)N3CCCC[C@@H]3C)cc2)sc2cc(F)ccc21. The summed E-state index contributed by atoms with van der Waals surface area (Å²) >= 11 is 1.24. The van der Waals surface area contributed by atoms with Crippen molar-refractivity contribution < 1.29 is 17.6 Å². The van der Waals surface area contributed by atoms with E-state index >= 15 is 0 Å². The number of benzene rings is 2. The minimum atomic E-state index is -3.59. The molecule has 0 bridgehead atoms. The smallest absolute Gasteiger partial charge is 0.279 e. The highest BCUT2D eigenvalue weighted by molar-refractivity contribution is 7.89. The standard InChI is InChI=1S/C22H24FN3O3S2/c1-3-25-19-12-9-17(23)14-20(19)30-22(25)24-21(27)16-7-10-18(11-8-16)31(28,29)26-13-5-4-6-15(26)2/h7-12,14-15H,3-6,13H2,1-2H3/t15-/m0/s1. The number of piperidine rings is 1. The van der Waals surface area contributed by atoms with E-state index < -0.39 is 15.9 Å². The van der Waals surface area contributed by atoms with Crippen molar-refractivity contribution in [1.82, 2.24) is 8.87 Å². The highest BCUT2D eigenvalue weighted by atomic mass is 32.2. The topological polar surface area (TPSA) is 71.7 Å². The molecule has 0 aliphatic carbocycles. The van der Waals surface area contributed by atoms with Gasteiger partial charge in [0.1, 0.15) is 5.82 Å². The third-order valence-electron chi connectivity index (χ3n) is 5.61. The summed E-state index contributed by atoms with van der Waals surface area (Å²) in [5.74, 6) is -0.806. The second kappa shape index (κ2) is 8.64. The normalized spacial score (nSPS) is 18.5. The first-order chi connectivity index (χ1) is 14.8. The van der Waals surface area contributed by atoms with Crippen molar-refractivity contribution in [2.24, 2.45) is 4.99 Å². The van der Waals surface area contributed by atoms with Gasteiger partial charge in [0.15, 0.2) is 4.80 Å². The third-order valence-corrected chi connectivity index (χ3v) is 8.68. The largest absolute Gasteiger partial charge is 0.317 e. The Bertz CT molecular complexity index is 1290. The first kappa shape index (κ1) is 21.9. The molecule has 164 valence electrons. The van der Waals surface area contributed by atoms with Crippen LogP contribution in [-0.2, 0) is 16.6 Å². The molecule has 2 heterocycles. The van der Waals surface area contributed by atoms with E-state index in [0.717, 1.165) is 24.8 Å². The second-order valence-electron chi connectivity index (χ2n) is 7.64. The van der Waals surface area contributed by atoms with Crippen LogP contribution in [0.15, 0.2) is 52.4 Å². The van der Waals surface area contributed by atoms with Gasteiger partial charge in [-0.25, -0.2) is 12.8 Å². The van der Waals surface area contributed by atoms with Gasteiger partial charge in [-0.2, -0.15) is 9.30 Å². The number of amides is 1. The first-order valence-electron chi connectivity index (χ1n) is 10.3. The lowest BCUT2D eigenvalue weighted by Crippen LogP contribution is -2.41. The van der Waals surface area contributed by atoms with Crippen molar-refractivity contribution in [2.45, 2.75) is 50.6 Å². The molecular weight excluding hydrogens is 437 g/mol. The quantitative estimate of drug-likeness (QED) is 0.586. The fourth-order valence-corrected chi connectivity index (χ4v) is 6.74. The lowest BCUT2D eigenvalue weighted by atomic mass is 10.1. The summed E-state index contributed by atoms with van der Waals surface area (Å²) in [4.78, 5) is 17.6. The fraction of sp³-hybridized carbons (Fsp3) is 0.364. The summed E-state index contributed by atoms with van der Waals surface area (Å²) in [5, 5.41) is 0. The first-order valence-corrected chi connectivity index (χ1v) is 12.6. The Morgan fingerprint density at radius 2 is 1.94 bits per heavy atom. The second-order valence-corrected chi connectivity index (χ2v) is 10.5. The molecular formula is C22H24FN3O3S2. The summed E-state index contributed by atoms with van der Waals surface area (Å²) in [5.41, 5.74) is 1.12. The van der Waals surface area contributed by atoms with E-state index in [2.05, 4.69) is 4.99 Å². The number of halogens is 1. The molecule has 31 heavy (non-hydrogen) atoms. The number of fused-ring (bicyclic) bond motifs is 1. The zero-order chi connectivity index (χ0) is 22.2. The van der Waals surface area contributed by atoms with E-state index in [4.69, 9.17) is 0 Å². The molecule has 4 rings (SSSR count).